The molecule has 0 aromatic heterocycles. The van der Waals surface area contributed by atoms with Crippen LogP contribution in [0, 0.1) is 0 Å². The summed E-state index contributed by atoms with van der Waals surface area (Å²) in [6.45, 7) is 3.50. The number of ether oxygens (including phenoxy) is 2. The summed E-state index contributed by atoms with van der Waals surface area (Å²) in [4.78, 5) is 10.6. The number of rotatable bonds is 4. The van der Waals surface area contributed by atoms with Crippen LogP contribution in [0.1, 0.15) is 13.8 Å². The molecule has 0 aliphatic rings. The smallest absolute Gasteiger partial charge is 0.302 e. The number of carbonyl (C=O) groups is 1. The van der Waals surface area contributed by atoms with Gasteiger partial charge in [0, 0.05) is 11.4 Å². The molecule has 3 nitrogen and oxygen atoms in total. The second-order valence-electron chi connectivity index (χ2n) is 3.18. The highest BCUT2D eigenvalue weighted by atomic mass is 79.9. The fraction of sp³-hybridized carbons (Fsp3) is 0.364. The minimum absolute atomic E-state index is 0.143. The molecule has 0 saturated heterocycles. The van der Waals surface area contributed by atoms with Crippen molar-refractivity contribution in [2.24, 2.45) is 0 Å². The van der Waals surface area contributed by atoms with Crippen LogP contribution in [0.4, 0.5) is 0 Å². The highest BCUT2D eigenvalue weighted by Crippen LogP contribution is 2.17. The molecule has 0 bridgehead atoms. The van der Waals surface area contributed by atoms with Gasteiger partial charge in [0.25, 0.3) is 0 Å². The number of halogens is 1. The molecule has 82 valence electrons. The molecule has 1 aromatic carbocycles. The van der Waals surface area contributed by atoms with Crippen molar-refractivity contribution < 1.29 is 14.3 Å². The van der Waals surface area contributed by atoms with Gasteiger partial charge < -0.3 is 9.47 Å². The Labute approximate surface area is 97.5 Å². The van der Waals surface area contributed by atoms with Gasteiger partial charge in [-0.15, -0.1) is 0 Å². The number of carbonyl (C=O) groups excluding carboxylic acids is 1. The second-order valence-corrected chi connectivity index (χ2v) is 4.10. The molecular formula is C11H13BrO3. The van der Waals surface area contributed by atoms with E-state index < -0.39 is 0 Å². The molecule has 1 atom stereocenters. The largest absolute Gasteiger partial charge is 0.487 e. The molecule has 0 radical (unpaired) electrons. The minimum atomic E-state index is -0.291. The van der Waals surface area contributed by atoms with Gasteiger partial charge in [0.1, 0.15) is 18.5 Å². The predicted molar refractivity (Wildman–Crippen MR) is 60.9 cm³/mol. The first kappa shape index (κ1) is 12.0. The van der Waals surface area contributed by atoms with Gasteiger partial charge in [0.15, 0.2) is 0 Å². The van der Waals surface area contributed by atoms with Gasteiger partial charge in [-0.05, 0) is 31.2 Å². The van der Waals surface area contributed by atoms with E-state index in [-0.39, 0.29) is 18.7 Å². The summed E-state index contributed by atoms with van der Waals surface area (Å²) in [5, 5.41) is 0. The van der Waals surface area contributed by atoms with Crippen LogP contribution in [0.2, 0.25) is 0 Å². The van der Waals surface area contributed by atoms with Crippen LogP contribution in [0.25, 0.3) is 0 Å². The molecule has 0 N–H and O–H groups in total. The highest BCUT2D eigenvalue weighted by Gasteiger charge is 2.05. The van der Waals surface area contributed by atoms with Crippen LogP contribution in [0.5, 0.6) is 5.75 Å². The van der Waals surface area contributed by atoms with E-state index in [9.17, 15) is 4.79 Å². The lowest BCUT2D eigenvalue weighted by atomic mass is 10.3. The van der Waals surface area contributed by atoms with Crippen LogP contribution in [0.15, 0.2) is 28.7 Å². The van der Waals surface area contributed by atoms with Crippen molar-refractivity contribution in [3.05, 3.63) is 28.7 Å². The van der Waals surface area contributed by atoms with Crippen molar-refractivity contribution in [1.82, 2.24) is 0 Å². The number of benzene rings is 1. The molecule has 15 heavy (non-hydrogen) atoms. The zero-order chi connectivity index (χ0) is 11.3. The monoisotopic (exact) mass is 272 g/mol. The molecule has 0 amide bonds. The van der Waals surface area contributed by atoms with E-state index in [1.54, 1.807) is 0 Å². The van der Waals surface area contributed by atoms with E-state index in [2.05, 4.69) is 15.9 Å². The Morgan fingerprint density at radius 3 is 2.53 bits per heavy atom. The van der Waals surface area contributed by atoms with Crippen molar-refractivity contribution in [2.75, 3.05) is 6.61 Å². The summed E-state index contributed by atoms with van der Waals surface area (Å²) in [7, 11) is 0. The Bertz CT molecular complexity index is 321. The lowest BCUT2D eigenvalue weighted by Gasteiger charge is -2.14. The average Bonchev–Trinajstić information content (AvgIpc) is 2.19. The Morgan fingerprint density at radius 1 is 1.40 bits per heavy atom. The molecular weight excluding hydrogens is 260 g/mol. The molecule has 1 unspecified atom stereocenters. The lowest BCUT2D eigenvalue weighted by molar-refractivity contribution is -0.143. The summed E-state index contributed by atoms with van der Waals surface area (Å²) in [5.74, 6) is 0.471. The van der Waals surface area contributed by atoms with Gasteiger partial charge in [-0.3, -0.25) is 4.79 Å². The third-order valence-electron chi connectivity index (χ3n) is 1.67. The quantitative estimate of drug-likeness (QED) is 0.791. The third-order valence-corrected chi connectivity index (χ3v) is 2.20. The molecule has 1 rings (SSSR count). The molecule has 0 saturated carbocycles. The SMILES string of the molecule is CC(=O)OCC(C)Oc1ccc(Br)cc1. The summed E-state index contributed by atoms with van der Waals surface area (Å²) >= 11 is 3.34. The van der Waals surface area contributed by atoms with E-state index in [1.807, 2.05) is 31.2 Å². The fourth-order valence-electron chi connectivity index (χ4n) is 1.01. The Balaban J connectivity index is 2.40. The zero-order valence-electron chi connectivity index (χ0n) is 8.70. The summed E-state index contributed by atoms with van der Waals surface area (Å²) in [5.41, 5.74) is 0. The van der Waals surface area contributed by atoms with Crippen molar-refractivity contribution in [3.8, 4) is 5.75 Å². The summed E-state index contributed by atoms with van der Waals surface area (Å²) in [6.07, 6.45) is -0.143. The number of hydrogen-bond donors (Lipinski definition) is 0. The van der Waals surface area contributed by atoms with E-state index in [1.165, 1.54) is 6.92 Å². The number of esters is 1. The van der Waals surface area contributed by atoms with Gasteiger partial charge in [0.05, 0.1) is 0 Å². The van der Waals surface area contributed by atoms with Crippen LogP contribution in [-0.4, -0.2) is 18.7 Å². The number of hydrogen-bond acceptors (Lipinski definition) is 3. The topological polar surface area (TPSA) is 35.5 Å². The maximum Gasteiger partial charge on any atom is 0.302 e. The summed E-state index contributed by atoms with van der Waals surface area (Å²) in [6, 6.07) is 7.50. The van der Waals surface area contributed by atoms with Crippen molar-refractivity contribution in [3.63, 3.8) is 0 Å². The predicted octanol–water partition coefficient (Wildman–Crippen LogP) is 2.78. The fourth-order valence-corrected chi connectivity index (χ4v) is 1.28. The zero-order valence-corrected chi connectivity index (χ0v) is 10.3. The van der Waals surface area contributed by atoms with Crippen LogP contribution >= 0.6 is 15.9 Å². The summed E-state index contributed by atoms with van der Waals surface area (Å²) < 4.78 is 11.4. The van der Waals surface area contributed by atoms with Gasteiger partial charge in [0.2, 0.25) is 0 Å². The first-order chi connectivity index (χ1) is 7.08. The average molecular weight is 273 g/mol. The minimum Gasteiger partial charge on any atom is -0.487 e. The Morgan fingerprint density at radius 2 is 2.00 bits per heavy atom. The van der Waals surface area contributed by atoms with Crippen LogP contribution < -0.4 is 4.74 Å². The molecule has 0 aliphatic carbocycles. The normalized spacial score (nSPS) is 11.9. The Kier molecular flexibility index (Phi) is 4.62. The van der Waals surface area contributed by atoms with Crippen molar-refractivity contribution >= 4 is 21.9 Å². The molecule has 4 heteroatoms. The van der Waals surface area contributed by atoms with Gasteiger partial charge in [-0.2, -0.15) is 0 Å². The van der Waals surface area contributed by atoms with Crippen molar-refractivity contribution in [1.29, 1.82) is 0 Å². The molecule has 0 spiro atoms. The maximum absolute atomic E-state index is 10.6. The maximum atomic E-state index is 10.6. The van der Waals surface area contributed by atoms with Gasteiger partial charge >= 0.3 is 5.97 Å². The van der Waals surface area contributed by atoms with E-state index in [0.717, 1.165) is 10.2 Å². The second kappa shape index (κ2) is 5.75. The molecule has 1 aromatic rings. The highest BCUT2D eigenvalue weighted by molar-refractivity contribution is 9.10. The standard InChI is InChI=1S/C11H13BrO3/c1-8(7-14-9(2)13)15-11-5-3-10(12)4-6-11/h3-6,8H,7H2,1-2H3. The van der Waals surface area contributed by atoms with Crippen LogP contribution in [-0.2, 0) is 9.53 Å². The molecule has 0 fully saturated rings. The van der Waals surface area contributed by atoms with E-state index >= 15 is 0 Å². The van der Waals surface area contributed by atoms with Crippen LogP contribution in [0.3, 0.4) is 0 Å². The van der Waals surface area contributed by atoms with E-state index in [4.69, 9.17) is 9.47 Å². The van der Waals surface area contributed by atoms with E-state index in [0.29, 0.717) is 0 Å². The van der Waals surface area contributed by atoms with Gasteiger partial charge in [-0.25, -0.2) is 0 Å². The first-order valence-corrected chi connectivity index (χ1v) is 5.43. The van der Waals surface area contributed by atoms with Gasteiger partial charge in [-0.1, -0.05) is 15.9 Å². The van der Waals surface area contributed by atoms with Crippen molar-refractivity contribution in [2.45, 2.75) is 20.0 Å². The molecule has 0 heterocycles. The first-order valence-electron chi connectivity index (χ1n) is 4.63. The Hall–Kier alpha value is -1.03. The third kappa shape index (κ3) is 4.83. The lowest BCUT2D eigenvalue weighted by Crippen LogP contribution is -2.20. The molecule has 0 aliphatic heterocycles.